The molecule has 0 aliphatic carbocycles. The predicted octanol–water partition coefficient (Wildman–Crippen LogP) is 5.56. The maximum Gasteiger partial charge on any atom is 0.189 e. The summed E-state index contributed by atoms with van der Waals surface area (Å²) in [6, 6.07) is 22.3. The Kier molecular flexibility index (Phi) is 8.58. The zero-order valence-corrected chi connectivity index (χ0v) is 20.3. The first-order valence-corrected chi connectivity index (χ1v) is 11.3. The molecule has 0 aliphatic heterocycles. The SMILES string of the molecule is Cc1cccc(-c2ccc(OCCN(C)C)c(C(=O)C=Cc3ccccc3CN(C)C)c2)c1. The molecular formula is C29H34N2O2. The van der Waals surface area contributed by atoms with Crippen LogP contribution >= 0.6 is 0 Å². The van der Waals surface area contributed by atoms with E-state index in [-0.39, 0.29) is 5.78 Å². The summed E-state index contributed by atoms with van der Waals surface area (Å²) < 4.78 is 6.01. The molecule has 0 saturated heterocycles. The van der Waals surface area contributed by atoms with E-state index < -0.39 is 0 Å². The Balaban J connectivity index is 1.93. The maximum absolute atomic E-state index is 13.3. The molecule has 0 N–H and O–H groups in total. The molecule has 0 atom stereocenters. The molecule has 0 aliphatic rings. The average Bonchev–Trinajstić information content (AvgIpc) is 2.78. The van der Waals surface area contributed by atoms with E-state index in [1.165, 1.54) is 11.1 Å². The Morgan fingerprint density at radius 2 is 1.64 bits per heavy atom. The minimum absolute atomic E-state index is 0.0657. The molecule has 3 aromatic rings. The average molecular weight is 443 g/mol. The lowest BCUT2D eigenvalue weighted by molar-refractivity contribution is 0.104. The van der Waals surface area contributed by atoms with Gasteiger partial charge in [0.15, 0.2) is 5.78 Å². The van der Waals surface area contributed by atoms with Crippen LogP contribution in [-0.2, 0) is 6.54 Å². The lowest BCUT2D eigenvalue weighted by atomic mass is 9.98. The Morgan fingerprint density at radius 3 is 2.36 bits per heavy atom. The number of hydrogen-bond acceptors (Lipinski definition) is 4. The summed E-state index contributed by atoms with van der Waals surface area (Å²) in [5.74, 6) is 0.550. The summed E-state index contributed by atoms with van der Waals surface area (Å²) in [5, 5.41) is 0. The first kappa shape index (κ1) is 24.4. The number of ketones is 1. The molecule has 33 heavy (non-hydrogen) atoms. The number of aryl methyl sites for hydroxylation is 1. The van der Waals surface area contributed by atoms with E-state index >= 15 is 0 Å². The van der Waals surface area contributed by atoms with Crippen molar-refractivity contribution in [1.29, 1.82) is 0 Å². The van der Waals surface area contributed by atoms with Gasteiger partial charge in [-0.05, 0) is 75.6 Å². The van der Waals surface area contributed by atoms with Crippen LogP contribution in [-0.4, -0.2) is 56.9 Å². The molecule has 0 bridgehead atoms. The van der Waals surface area contributed by atoms with E-state index in [1.807, 2.05) is 76.7 Å². The molecule has 3 aromatic carbocycles. The van der Waals surface area contributed by atoms with Crippen LogP contribution in [0.3, 0.4) is 0 Å². The van der Waals surface area contributed by atoms with Crippen molar-refractivity contribution >= 4 is 11.9 Å². The van der Waals surface area contributed by atoms with Gasteiger partial charge in [0.25, 0.3) is 0 Å². The molecule has 0 spiro atoms. The third-order valence-electron chi connectivity index (χ3n) is 5.35. The van der Waals surface area contributed by atoms with Crippen molar-refractivity contribution in [2.45, 2.75) is 13.5 Å². The summed E-state index contributed by atoms with van der Waals surface area (Å²) in [4.78, 5) is 17.5. The monoisotopic (exact) mass is 442 g/mol. The Morgan fingerprint density at radius 1 is 0.879 bits per heavy atom. The Bertz CT molecular complexity index is 1120. The third kappa shape index (κ3) is 7.14. The number of allylic oxidation sites excluding steroid dienone is 1. The zero-order valence-electron chi connectivity index (χ0n) is 20.3. The van der Waals surface area contributed by atoms with Gasteiger partial charge in [0.2, 0.25) is 0 Å². The zero-order chi connectivity index (χ0) is 23.8. The van der Waals surface area contributed by atoms with E-state index in [0.717, 1.165) is 29.8 Å². The molecular weight excluding hydrogens is 408 g/mol. The highest BCUT2D eigenvalue weighted by Gasteiger charge is 2.13. The minimum atomic E-state index is -0.0657. The molecule has 3 rings (SSSR count). The quantitative estimate of drug-likeness (QED) is 0.304. The van der Waals surface area contributed by atoms with Crippen LogP contribution in [0, 0.1) is 6.92 Å². The van der Waals surface area contributed by atoms with Crippen LogP contribution in [0.2, 0.25) is 0 Å². The smallest absolute Gasteiger partial charge is 0.189 e. The molecule has 172 valence electrons. The first-order valence-electron chi connectivity index (χ1n) is 11.3. The summed E-state index contributed by atoms with van der Waals surface area (Å²) in [5.41, 5.74) is 6.08. The second kappa shape index (κ2) is 11.6. The van der Waals surface area contributed by atoms with Gasteiger partial charge in [-0.1, -0.05) is 66.2 Å². The highest BCUT2D eigenvalue weighted by atomic mass is 16.5. The van der Waals surface area contributed by atoms with E-state index in [0.29, 0.717) is 17.9 Å². The largest absolute Gasteiger partial charge is 0.491 e. The van der Waals surface area contributed by atoms with Gasteiger partial charge in [-0.3, -0.25) is 4.79 Å². The van der Waals surface area contributed by atoms with E-state index in [2.05, 4.69) is 41.0 Å². The van der Waals surface area contributed by atoms with Crippen LogP contribution in [0.15, 0.2) is 72.8 Å². The van der Waals surface area contributed by atoms with Crippen molar-refractivity contribution in [2.24, 2.45) is 0 Å². The standard InChI is InChI=1S/C29H34N2O2/c1-22-9-8-12-24(19-22)25-14-16-29(33-18-17-30(2)3)27(20-25)28(32)15-13-23-10-6-7-11-26(23)21-31(4)5/h6-16,19-20H,17-18,21H2,1-5H3. The topological polar surface area (TPSA) is 32.8 Å². The van der Waals surface area contributed by atoms with Gasteiger partial charge in [0.1, 0.15) is 12.4 Å². The van der Waals surface area contributed by atoms with Crippen LogP contribution in [0.1, 0.15) is 27.0 Å². The van der Waals surface area contributed by atoms with E-state index in [1.54, 1.807) is 6.08 Å². The lowest BCUT2D eigenvalue weighted by Gasteiger charge is -2.15. The van der Waals surface area contributed by atoms with Gasteiger partial charge in [0.05, 0.1) is 5.56 Å². The molecule has 0 amide bonds. The summed E-state index contributed by atoms with van der Waals surface area (Å²) >= 11 is 0. The molecule has 0 aromatic heterocycles. The number of nitrogens with zero attached hydrogens (tertiary/aromatic N) is 2. The molecule has 4 nitrogen and oxygen atoms in total. The molecule has 0 unspecified atom stereocenters. The fourth-order valence-corrected chi connectivity index (χ4v) is 3.63. The fourth-order valence-electron chi connectivity index (χ4n) is 3.63. The summed E-state index contributed by atoms with van der Waals surface area (Å²) in [7, 11) is 8.09. The number of hydrogen-bond donors (Lipinski definition) is 0. The number of likely N-dealkylation sites (N-methyl/N-ethyl adjacent to an activating group) is 1. The number of rotatable bonds is 10. The predicted molar refractivity (Wildman–Crippen MR) is 138 cm³/mol. The number of carbonyl (C=O) groups is 1. The molecule has 0 radical (unpaired) electrons. The molecule has 0 fully saturated rings. The van der Waals surface area contributed by atoms with E-state index in [4.69, 9.17) is 4.74 Å². The van der Waals surface area contributed by atoms with Crippen molar-refractivity contribution in [3.05, 3.63) is 95.1 Å². The van der Waals surface area contributed by atoms with Crippen LogP contribution in [0.4, 0.5) is 0 Å². The van der Waals surface area contributed by atoms with Crippen molar-refractivity contribution in [3.63, 3.8) is 0 Å². The second-order valence-electron chi connectivity index (χ2n) is 8.87. The van der Waals surface area contributed by atoms with Crippen LogP contribution in [0.5, 0.6) is 5.75 Å². The van der Waals surface area contributed by atoms with Gasteiger partial charge < -0.3 is 14.5 Å². The van der Waals surface area contributed by atoms with E-state index in [9.17, 15) is 4.79 Å². The van der Waals surface area contributed by atoms with Crippen molar-refractivity contribution < 1.29 is 9.53 Å². The molecule has 0 heterocycles. The third-order valence-corrected chi connectivity index (χ3v) is 5.35. The van der Waals surface area contributed by atoms with Gasteiger partial charge in [-0.25, -0.2) is 0 Å². The van der Waals surface area contributed by atoms with Gasteiger partial charge in [-0.2, -0.15) is 0 Å². The highest BCUT2D eigenvalue weighted by Crippen LogP contribution is 2.28. The van der Waals surface area contributed by atoms with Crippen LogP contribution in [0.25, 0.3) is 17.2 Å². The highest BCUT2D eigenvalue weighted by molar-refractivity contribution is 6.09. The maximum atomic E-state index is 13.3. The fraction of sp³-hybridized carbons (Fsp3) is 0.276. The number of ether oxygens (including phenoxy) is 1. The normalized spacial score (nSPS) is 11.5. The Labute approximate surface area is 198 Å². The Hall–Kier alpha value is -3.21. The van der Waals surface area contributed by atoms with Crippen LogP contribution < -0.4 is 4.74 Å². The van der Waals surface area contributed by atoms with Gasteiger partial charge in [-0.15, -0.1) is 0 Å². The van der Waals surface area contributed by atoms with Gasteiger partial charge >= 0.3 is 0 Å². The van der Waals surface area contributed by atoms with Crippen molar-refractivity contribution in [2.75, 3.05) is 41.3 Å². The van der Waals surface area contributed by atoms with Crippen molar-refractivity contribution in [1.82, 2.24) is 9.80 Å². The second-order valence-corrected chi connectivity index (χ2v) is 8.87. The number of carbonyl (C=O) groups excluding carboxylic acids is 1. The summed E-state index contributed by atoms with van der Waals surface area (Å²) in [6.45, 7) is 4.19. The lowest BCUT2D eigenvalue weighted by Crippen LogP contribution is -2.20. The summed E-state index contributed by atoms with van der Waals surface area (Å²) in [6.07, 6.45) is 3.56. The van der Waals surface area contributed by atoms with Gasteiger partial charge in [0, 0.05) is 13.1 Å². The van der Waals surface area contributed by atoms with Crippen molar-refractivity contribution in [3.8, 4) is 16.9 Å². The first-order chi connectivity index (χ1) is 15.8. The molecule has 0 saturated carbocycles. The molecule has 4 heteroatoms. The minimum Gasteiger partial charge on any atom is -0.491 e. The number of benzene rings is 3.